The maximum absolute atomic E-state index is 13.7. The Kier molecular flexibility index (Phi) is 11.2. The van der Waals surface area contributed by atoms with Crippen molar-refractivity contribution in [1.29, 1.82) is 0 Å². The first-order chi connectivity index (χ1) is 21.0. The number of benzene rings is 1. The average Bonchev–Trinajstić information content (AvgIpc) is 3.54. The molecule has 1 unspecified atom stereocenters. The summed E-state index contributed by atoms with van der Waals surface area (Å²) in [5.74, 6) is -0.982. The summed E-state index contributed by atoms with van der Waals surface area (Å²) in [5.41, 5.74) is 0.867. The fourth-order valence-corrected chi connectivity index (χ4v) is 4.89. The number of amides is 2. The zero-order valence-corrected chi connectivity index (χ0v) is 25.7. The Balaban J connectivity index is 1.52. The zero-order valence-electron chi connectivity index (χ0n) is 25.7. The minimum Gasteiger partial charge on any atom is -0.460 e. The third-order valence-corrected chi connectivity index (χ3v) is 7.04. The van der Waals surface area contributed by atoms with Gasteiger partial charge in [0.2, 0.25) is 5.91 Å². The first kappa shape index (κ1) is 32.8. The summed E-state index contributed by atoms with van der Waals surface area (Å²) in [6, 6.07) is 9.96. The van der Waals surface area contributed by atoms with E-state index in [0.717, 1.165) is 12.0 Å². The van der Waals surface area contributed by atoms with Crippen LogP contribution >= 0.6 is 0 Å². The van der Waals surface area contributed by atoms with Crippen LogP contribution in [0.4, 0.5) is 4.79 Å². The standard InChI is InChI=1S/C31H41N5O8/c1-5-42-30(40)44-36-16-14-35(15-17-36)29(39)23(11-12-26(37)43-31(2,3)4)34-28(38)25-19-24(22-13-18-41-20-22)32-27(33-25)21-9-7-6-8-10-21/h6-10,19,22-23H,5,11-18,20H2,1-4H3,(H,34,38)/t22?,23-/m0/s1. The van der Waals surface area contributed by atoms with Gasteiger partial charge in [0, 0.05) is 37.6 Å². The first-order valence-electron chi connectivity index (χ1n) is 15.0. The highest BCUT2D eigenvalue weighted by atomic mass is 16.8. The summed E-state index contributed by atoms with van der Waals surface area (Å²) < 4.78 is 15.8. The SMILES string of the molecule is CCOC(=O)ON1CCN(C(=O)[C@H](CCC(=O)OC(C)(C)C)NC(=O)c2cc(C3CCOC3)nc(-c3ccccc3)n2)CC1. The van der Waals surface area contributed by atoms with Crippen LogP contribution in [0.1, 0.15) is 69.1 Å². The van der Waals surface area contributed by atoms with E-state index in [1.807, 2.05) is 30.3 Å². The summed E-state index contributed by atoms with van der Waals surface area (Å²) in [5, 5.41) is 4.25. The number of piperazine rings is 1. The van der Waals surface area contributed by atoms with E-state index in [4.69, 9.17) is 24.0 Å². The molecule has 2 atom stereocenters. The summed E-state index contributed by atoms with van der Waals surface area (Å²) in [4.78, 5) is 67.7. The van der Waals surface area contributed by atoms with Gasteiger partial charge in [-0.1, -0.05) is 30.3 Å². The molecule has 2 amide bonds. The molecular weight excluding hydrogens is 570 g/mol. The molecule has 2 aromatic rings. The summed E-state index contributed by atoms with van der Waals surface area (Å²) in [6.45, 7) is 9.27. The molecule has 13 nitrogen and oxygen atoms in total. The number of ether oxygens (including phenoxy) is 3. The maximum Gasteiger partial charge on any atom is 0.527 e. The van der Waals surface area contributed by atoms with Gasteiger partial charge in [0.15, 0.2) is 5.82 Å². The molecule has 0 spiro atoms. The molecule has 13 heteroatoms. The van der Waals surface area contributed by atoms with Crippen molar-refractivity contribution in [3.8, 4) is 11.4 Å². The number of hydroxylamine groups is 2. The number of esters is 1. The van der Waals surface area contributed by atoms with E-state index in [1.165, 1.54) is 5.06 Å². The summed E-state index contributed by atoms with van der Waals surface area (Å²) in [7, 11) is 0. The van der Waals surface area contributed by atoms with Crippen LogP contribution in [-0.4, -0.2) is 102 Å². The Labute approximate surface area is 257 Å². The lowest BCUT2D eigenvalue weighted by atomic mass is 10.0. The van der Waals surface area contributed by atoms with Crippen LogP contribution in [0.3, 0.4) is 0 Å². The van der Waals surface area contributed by atoms with Crippen LogP contribution in [0.5, 0.6) is 0 Å². The van der Waals surface area contributed by atoms with E-state index in [2.05, 4.69) is 10.3 Å². The smallest absolute Gasteiger partial charge is 0.460 e. The molecule has 1 aromatic carbocycles. The topological polar surface area (TPSA) is 149 Å². The van der Waals surface area contributed by atoms with Gasteiger partial charge in [-0.05, 0) is 46.6 Å². The second-order valence-electron chi connectivity index (χ2n) is 11.6. The van der Waals surface area contributed by atoms with Crippen LogP contribution in [0.25, 0.3) is 11.4 Å². The second kappa shape index (κ2) is 15.1. The van der Waals surface area contributed by atoms with E-state index in [1.54, 1.807) is 38.7 Å². The Morgan fingerprint density at radius 1 is 1.07 bits per heavy atom. The van der Waals surface area contributed by atoms with E-state index < -0.39 is 29.7 Å². The highest BCUT2D eigenvalue weighted by Crippen LogP contribution is 2.26. The summed E-state index contributed by atoms with van der Waals surface area (Å²) >= 11 is 0. The third kappa shape index (κ3) is 9.45. The average molecular weight is 612 g/mol. The highest BCUT2D eigenvalue weighted by Gasteiger charge is 2.32. The van der Waals surface area contributed by atoms with Crippen LogP contribution in [0.2, 0.25) is 0 Å². The predicted octanol–water partition coefficient (Wildman–Crippen LogP) is 3.10. The molecule has 3 heterocycles. The van der Waals surface area contributed by atoms with Crippen molar-refractivity contribution in [2.45, 2.75) is 64.5 Å². The van der Waals surface area contributed by atoms with Crippen molar-refractivity contribution < 1.29 is 38.2 Å². The molecule has 0 aliphatic carbocycles. The molecule has 2 aliphatic rings. The van der Waals surface area contributed by atoms with Crippen molar-refractivity contribution in [1.82, 2.24) is 25.2 Å². The van der Waals surface area contributed by atoms with Crippen molar-refractivity contribution in [3.63, 3.8) is 0 Å². The number of nitrogens with one attached hydrogen (secondary N) is 1. The monoisotopic (exact) mass is 611 g/mol. The highest BCUT2D eigenvalue weighted by molar-refractivity contribution is 5.96. The fraction of sp³-hybridized carbons (Fsp3) is 0.548. The van der Waals surface area contributed by atoms with Gasteiger partial charge < -0.3 is 29.3 Å². The van der Waals surface area contributed by atoms with E-state index in [-0.39, 0.29) is 63.1 Å². The lowest BCUT2D eigenvalue weighted by Crippen LogP contribution is -2.55. The largest absolute Gasteiger partial charge is 0.527 e. The number of carbonyl (C=O) groups excluding carboxylic acids is 4. The molecule has 1 N–H and O–H groups in total. The molecule has 0 saturated carbocycles. The number of hydrogen-bond donors (Lipinski definition) is 1. The molecule has 0 bridgehead atoms. The van der Waals surface area contributed by atoms with Gasteiger partial charge in [-0.2, -0.15) is 0 Å². The van der Waals surface area contributed by atoms with Crippen molar-refractivity contribution in [3.05, 3.63) is 47.8 Å². The quantitative estimate of drug-likeness (QED) is 0.395. The molecule has 1 aromatic heterocycles. The van der Waals surface area contributed by atoms with Gasteiger partial charge in [-0.25, -0.2) is 14.8 Å². The number of aromatic nitrogens is 2. The normalized spacial score (nSPS) is 17.9. The van der Waals surface area contributed by atoms with Crippen LogP contribution in [0, 0.1) is 0 Å². The van der Waals surface area contributed by atoms with Gasteiger partial charge in [-0.3, -0.25) is 14.4 Å². The molecule has 2 aliphatic heterocycles. The number of hydrogen-bond acceptors (Lipinski definition) is 11. The number of nitrogens with zero attached hydrogens (tertiary/aromatic N) is 4. The second-order valence-corrected chi connectivity index (χ2v) is 11.6. The third-order valence-electron chi connectivity index (χ3n) is 7.04. The molecule has 238 valence electrons. The van der Waals surface area contributed by atoms with Crippen molar-refractivity contribution in [2.24, 2.45) is 0 Å². The lowest BCUT2D eigenvalue weighted by molar-refractivity contribution is -0.158. The van der Waals surface area contributed by atoms with Crippen LogP contribution in [0.15, 0.2) is 36.4 Å². The first-order valence-corrected chi connectivity index (χ1v) is 15.0. The minimum atomic E-state index is -1.03. The van der Waals surface area contributed by atoms with E-state index in [9.17, 15) is 19.2 Å². The molecule has 2 fully saturated rings. The van der Waals surface area contributed by atoms with Crippen molar-refractivity contribution in [2.75, 3.05) is 46.0 Å². The number of carbonyl (C=O) groups is 4. The van der Waals surface area contributed by atoms with E-state index >= 15 is 0 Å². The van der Waals surface area contributed by atoms with Crippen LogP contribution in [-0.2, 0) is 28.6 Å². The Hall–Kier alpha value is -4.10. The van der Waals surface area contributed by atoms with Gasteiger partial charge in [0.05, 0.1) is 32.0 Å². The lowest BCUT2D eigenvalue weighted by Gasteiger charge is -2.35. The Bertz CT molecular complexity index is 1300. The van der Waals surface area contributed by atoms with Gasteiger partial charge >= 0.3 is 12.1 Å². The van der Waals surface area contributed by atoms with E-state index in [0.29, 0.717) is 24.7 Å². The molecule has 4 rings (SSSR count). The zero-order chi connectivity index (χ0) is 31.7. The fourth-order valence-electron chi connectivity index (χ4n) is 4.89. The van der Waals surface area contributed by atoms with Crippen molar-refractivity contribution >= 4 is 23.9 Å². The van der Waals surface area contributed by atoms with Gasteiger partial charge in [0.25, 0.3) is 5.91 Å². The Morgan fingerprint density at radius 3 is 2.43 bits per heavy atom. The predicted molar refractivity (Wildman–Crippen MR) is 158 cm³/mol. The molecule has 2 saturated heterocycles. The molecular formula is C31H41N5O8. The Morgan fingerprint density at radius 2 is 1.80 bits per heavy atom. The maximum atomic E-state index is 13.7. The van der Waals surface area contributed by atoms with Gasteiger partial charge in [0.1, 0.15) is 17.3 Å². The van der Waals surface area contributed by atoms with Gasteiger partial charge in [-0.15, -0.1) is 5.06 Å². The summed E-state index contributed by atoms with van der Waals surface area (Å²) in [6.07, 6.45) is -0.0874. The molecule has 44 heavy (non-hydrogen) atoms. The van der Waals surface area contributed by atoms with Crippen LogP contribution < -0.4 is 5.32 Å². The molecule has 0 radical (unpaired) electrons. The minimum absolute atomic E-state index is 0.0183. The number of rotatable bonds is 10.